The Kier molecular flexibility index (Phi) is 6.91. The van der Waals surface area contributed by atoms with Gasteiger partial charge in [0.1, 0.15) is 11.3 Å². The second kappa shape index (κ2) is 9.15. The number of likely N-dealkylation sites (N-methyl/N-ethyl adjacent to an activating group) is 1. The highest BCUT2D eigenvalue weighted by Gasteiger charge is 2.17. The third-order valence-corrected chi connectivity index (χ3v) is 4.43. The van der Waals surface area contributed by atoms with Gasteiger partial charge in [0.2, 0.25) is 0 Å². The Morgan fingerprint density at radius 2 is 1.73 bits per heavy atom. The molecule has 26 heavy (non-hydrogen) atoms. The van der Waals surface area contributed by atoms with E-state index in [2.05, 4.69) is 29.6 Å². The highest BCUT2D eigenvalue weighted by Crippen LogP contribution is 2.16. The number of quaternary nitrogens is 1. The summed E-state index contributed by atoms with van der Waals surface area (Å²) in [5, 5.41) is 9.50. The lowest BCUT2D eigenvalue weighted by atomic mass is 10.1. The van der Waals surface area contributed by atoms with E-state index in [1.165, 1.54) is 4.90 Å². The minimum Gasteiger partial charge on any atom is -0.361 e. The molecule has 0 bridgehead atoms. The van der Waals surface area contributed by atoms with Crippen LogP contribution in [0.2, 0.25) is 0 Å². The van der Waals surface area contributed by atoms with E-state index < -0.39 is 0 Å². The zero-order valence-electron chi connectivity index (χ0n) is 15.8. The van der Waals surface area contributed by atoms with Crippen LogP contribution >= 0.6 is 0 Å². The van der Waals surface area contributed by atoms with Crippen molar-refractivity contribution in [1.29, 1.82) is 0 Å². The van der Waals surface area contributed by atoms with Crippen molar-refractivity contribution in [2.75, 3.05) is 31.5 Å². The maximum absolute atomic E-state index is 12.3. The number of nitrogens with one attached hydrogen (secondary N) is 3. The highest BCUT2D eigenvalue weighted by molar-refractivity contribution is 6.05. The van der Waals surface area contributed by atoms with Crippen LogP contribution in [0.25, 0.3) is 0 Å². The number of benzene rings is 1. The van der Waals surface area contributed by atoms with Gasteiger partial charge in [-0.15, -0.1) is 0 Å². The van der Waals surface area contributed by atoms with Gasteiger partial charge < -0.3 is 20.1 Å². The minimum atomic E-state index is -0.277. The molecule has 0 saturated heterocycles. The Morgan fingerprint density at radius 3 is 2.27 bits per heavy atom. The first-order valence-electron chi connectivity index (χ1n) is 8.92. The van der Waals surface area contributed by atoms with Crippen molar-refractivity contribution in [2.24, 2.45) is 0 Å². The van der Waals surface area contributed by atoms with Crippen LogP contribution in [0.15, 0.2) is 28.8 Å². The van der Waals surface area contributed by atoms with Crippen LogP contribution in [0.3, 0.4) is 0 Å². The Labute approximate surface area is 153 Å². The van der Waals surface area contributed by atoms with E-state index in [0.29, 0.717) is 34.8 Å². The van der Waals surface area contributed by atoms with E-state index in [1.54, 1.807) is 38.1 Å². The summed E-state index contributed by atoms with van der Waals surface area (Å²) in [6, 6.07) is 6.81. The summed E-state index contributed by atoms with van der Waals surface area (Å²) in [5.74, 6) is 0.0899. The number of amides is 2. The molecule has 7 nitrogen and oxygen atoms in total. The largest absolute Gasteiger partial charge is 0.361 e. The van der Waals surface area contributed by atoms with E-state index >= 15 is 0 Å². The smallest absolute Gasteiger partial charge is 0.261 e. The van der Waals surface area contributed by atoms with Gasteiger partial charge in [-0.05, 0) is 52.0 Å². The third kappa shape index (κ3) is 4.92. The average molecular weight is 359 g/mol. The summed E-state index contributed by atoms with van der Waals surface area (Å²) in [4.78, 5) is 25.9. The lowest BCUT2D eigenvalue weighted by molar-refractivity contribution is -0.895. The van der Waals surface area contributed by atoms with E-state index in [1.807, 2.05) is 0 Å². The second-order valence-corrected chi connectivity index (χ2v) is 6.19. The highest BCUT2D eigenvalue weighted by atomic mass is 16.5. The minimum absolute atomic E-state index is 0.111. The van der Waals surface area contributed by atoms with Gasteiger partial charge in [-0.25, -0.2) is 0 Å². The molecule has 0 aliphatic rings. The van der Waals surface area contributed by atoms with Crippen LogP contribution in [-0.4, -0.2) is 43.2 Å². The van der Waals surface area contributed by atoms with Crippen molar-refractivity contribution in [3.05, 3.63) is 46.8 Å². The Hall–Kier alpha value is -2.67. The molecule has 3 N–H and O–H groups in total. The van der Waals surface area contributed by atoms with Crippen LogP contribution in [-0.2, 0) is 0 Å². The van der Waals surface area contributed by atoms with Crippen molar-refractivity contribution < 1.29 is 19.0 Å². The first kappa shape index (κ1) is 19.7. The van der Waals surface area contributed by atoms with Gasteiger partial charge in [0.15, 0.2) is 0 Å². The van der Waals surface area contributed by atoms with Crippen LogP contribution < -0.4 is 15.5 Å². The number of nitrogens with zero attached hydrogens (tertiary/aromatic N) is 1. The molecule has 0 unspecified atom stereocenters. The van der Waals surface area contributed by atoms with E-state index in [-0.39, 0.29) is 11.8 Å². The van der Waals surface area contributed by atoms with E-state index in [4.69, 9.17) is 4.52 Å². The molecule has 0 aliphatic heterocycles. The normalized spacial score (nSPS) is 10.8. The molecule has 7 heteroatoms. The molecular formula is C19H27N4O3+. The molecule has 0 radical (unpaired) electrons. The zero-order valence-corrected chi connectivity index (χ0v) is 15.8. The van der Waals surface area contributed by atoms with Crippen molar-refractivity contribution in [3.63, 3.8) is 0 Å². The maximum Gasteiger partial charge on any atom is 0.261 e. The molecule has 1 heterocycles. The first-order valence-corrected chi connectivity index (χ1v) is 8.92. The molecular weight excluding hydrogens is 332 g/mol. The number of aromatic nitrogens is 1. The first-order chi connectivity index (χ1) is 12.5. The summed E-state index contributed by atoms with van der Waals surface area (Å²) in [6.07, 6.45) is 0. The Balaban J connectivity index is 1.91. The Morgan fingerprint density at radius 1 is 1.08 bits per heavy atom. The van der Waals surface area contributed by atoms with Gasteiger partial charge >= 0.3 is 0 Å². The number of rotatable bonds is 8. The molecule has 2 amide bonds. The van der Waals surface area contributed by atoms with Crippen LogP contribution in [0, 0.1) is 13.8 Å². The predicted molar refractivity (Wildman–Crippen MR) is 99.6 cm³/mol. The third-order valence-electron chi connectivity index (χ3n) is 4.43. The summed E-state index contributed by atoms with van der Waals surface area (Å²) in [6.45, 7) is 11.3. The van der Waals surface area contributed by atoms with E-state index in [9.17, 15) is 9.59 Å². The van der Waals surface area contributed by atoms with Gasteiger partial charge in [0, 0.05) is 11.3 Å². The lowest BCUT2D eigenvalue weighted by Crippen LogP contribution is -3.12. The van der Waals surface area contributed by atoms with Gasteiger partial charge in [-0.2, -0.15) is 0 Å². The molecule has 0 saturated carbocycles. The average Bonchev–Trinajstić information content (AvgIpc) is 2.97. The quantitative estimate of drug-likeness (QED) is 0.661. The zero-order chi connectivity index (χ0) is 19.1. The number of aryl methyl sites for hydroxylation is 2. The molecule has 2 rings (SSSR count). The fraction of sp³-hybridized carbons (Fsp3) is 0.421. The van der Waals surface area contributed by atoms with Crippen molar-refractivity contribution in [2.45, 2.75) is 27.7 Å². The number of carbonyl (C=O) groups excluding carboxylic acids is 2. The fourth-order valence-corrected chi connectivity index (χ4v) is 2.76. The fourth-order valence-electron chi connectivity index (χ4n) is 2.76. The molecule has 0 atom stereocenters. The van der Waals surface area contributed by atoms with Crippen molar-refractivity contribution in [3.8, 4) is 0 Å². The topological polar surface area (TPSA) is 88.7 Å². The summed E-state index contributed by atoms with van der Waals surface area (Å²) < 4.78 is 5.01. The van der Waals surface area contributed by atoms with Crippen molar-refractivity contribution in [1.82, 2.24) is 10.5 Å². The molecule has 1 aromatic heterocycles. The Bertz CT molecular complexity index is 729. The predicted octanol–water partition coefficient (Wildman–Crippen LogP) is 1.20. The summed E-state index contributed by atoms with van der Waals surface area (Å²) in [7, 11) is 0. The molecule has 1 aromatic carbocycles. The number of carbonyl (C=O) groups is 2. The van der Waals surface area contributed by atoms with Crippen molar-refractivity contribution >= 4 is 17.5 Å². The molecule has 0 fully saturated rings. The number of hydrogen-bond donors (Lipinski definition) is 3. The number of anilines is 1. The van der Waals surface area contributed by atoms with Crippen LogP contribution in [0.1, 0.15) is 46.0 Å². The van der Waals surface area contributed by atoms with Gasteiger partial charge in [-0.1, -0.05) is 5.16 Å². The lowest BCUT2D eigenvalue weighted by Gasteiger charge is -2.15. The van der Waals surface area contributed by atoms with E-state index in [0.717, 1.165) is 19.6 Å². The standard InChI is InChI=1S/C19H26N4O3/c1-5-23(6-2)12-11-20-18(24)15-7-9-16(10-8-15)21-19(25)17-13(3)22-26-14(17)4/h7-10H,5-6,11-12H2,1-4H3,(H,20,24)(H,21,25)/p+1. The monoisotopic (exact) mass is 359 g/mol. The second-order valence-electron chi connectivity index (χ2n) is 6.19. The molecule has 140 valence electrons. The number of hydrogen-bond acceptors (Lipinski definition) is 4. The van der Waals surface area contributed by atoms with Gasteiger partial charge in [0.05, 0.1) is 31.9 Å². The van der Waals surface area contributed by atoms with Gasteiger partial charge in [0.25, 0.3) is 11.8 Å². The molecule has 2 aromatic rings. The van der Waals surface area contributed by atoms with Crippen LogP contribution in [0.4, 0.5) is 5.69 Å². The van der Waals surface area contributed by atoms with Gasteiger partial charge in [-0.3, -0.25) is 9.59 Å². The summed E-state index contributed by atoms with van der Waals surface area (Å²) in [5.41, 5.74) is 2.16. The maximum atomic E-state index is 12.3. The molecule has 0 aliphatic carbocycles. The summed E-state index contributed by atoms with van der Waals surface area (Å²) >= 11 is 0. The molecule has 0 spiro atoms. The van der Waals surface area contributed by atoms with Crippen LogP contribution in [0.5, 0.6) is 0 Å². The SMILES string of the molecule is CC[NH+](CC)CCNC(=O)c1ccc(NC(=O)c2c(C)noc2C)cc1.